The number of nitrogens with zero attached hydrogens (tertiary/aromatic N) is 3. The summed E-state index contributed by atoms with van der Waals surface area (Å²) in [6.07, 6.45) is 1.83. The van der Waals surface area contributed by atoms with Gasteiger partial charge in [-0.2, -0.15) is 0 Å². The maximum atomic E-state index is 5.22. The molecule has 1 saturated heterocycles. The summed E-state index contributed by atoms with van der Waals surface area (Å²) in [5.74, 6) is 1.03. The summed E-state index contributed by atoms with van der Waals surface area (Å²) < 4.78 is 1.01. The third-order valence-corrected chi connectivity index (χ3v) is 3.75. The molecule has 6 heteroatoms. The normalized spacial score (nSPS) is 15.9. The van der Waals surface area contributed by atoms with Crippen LogP contribution < -0.4 is 10.2 Å². The van der Waals surface area contributed by atoms with Gasteiger partial charge in [-0.3, -0.25) is 0 Å². The van der Waals surface area contributed by atoms with E-state index in [4.69, 9.17) is 12.2 Å². The molecule has 92 valence electrons. The number of hydrogen-bond acceptors (Lipinski definition) is 3. The highest BCUT2D eigenvalue weighted by atomic mass is 79.9. The number of piperazine rings is 1. The van der Waals surface area contributed by atoms with Crippen LogP contribution in [0.4, 0.5) is 5.82 Å². The lowest BCUT2D eigenvalue weighted by Gasteiger charge is -2.36. The van der Waals surface area contributed by atoms with Crippen molar-refractivity contribution in [2.24, 2.45) is 0 Å². The first-order chi connectivity index (χ1) is 8.20. The van der Waals surface area contributed by atoms with Crippen molar-refractivity contribution in [3.8, 4) is 0 Å². The third kappa shape index (κ3) is 3.07. The average Bonchev–Trinajstić information content (AvgIpc) is 2.39. The maximum Gasteiger partial charge on any atom is 0.168 e. The van der Waals surface area contributed by atoms with Gasteiger partial charge in [0.2, 0.25) is 0 Å². The van der Waals surface area contributed by atoms with E-state index >= 15 is 0 Å². The van der Waals surface area contributed by atoms with Crippen LogP contribution in [-0.2, 0) is 0 Å². The molecule has 0 amide bonds. The molecule has 17 heavy (non-hydrogen) atoms. The molecule has 2 rings (SSSR count). The van der Waals surface area contributed by atoms with E-state index in [0.717, 1.165) is 41.6 Å². The van der Waals surface area contributed by atoms with Gasteiger partial charge in [-0.1, -0.05) is 0 Å². The molecule has 1 fully saturated rings. The van der Waals surface area contributed by atoms with Crippen LogP contribution in [0.25, 0.3) is 0 Å². The van der Waals surface area contributed by atoms with Crippen LogP contribution >= 0.6 is 28.1 Å². The number of thiocarbonyl (C=S) groups is 1. The first-order valence-corrected chi connectivity index (χ1v) is 6.74. The predicted molar refractivity (Wildman–Crippen MR) is 77.4 cm³/mol. The van der Waals surface area contributed by atoms with E-state index < -0.39 is 0 Å². The fourth-order valence-corrected chi connectivity index (χ4v) is 2.27. The van der Waals surface area contributed by atoms with E-state index in [2.05, 4.69) is 36.0 Å². The van der Waals surface area contributed by atoms with Crippen LogP contribution in [0.1, 0.15) is 0 Å². The molecule has 0 aromatic carbocycles. The topological polar surface area (TPSA) is 31.4 Å². The SMILES string of the molecule is CNC(=S)N1CCN(c2ccc(Br)cn2)CC1. The summed E-state index contributed by atoms with van der Waals surface area (Å²) in [4.78, 5) is 8.87. The molecule has 1 aliphatic heterocycles. The zero-order chi connectivity index (χ0) is 12.3. The number of nitrogens with one attached hydrogen (secondary N) is 1. The van der Waals surface area contributed by atoms with E-state index in [1.807, 2.05) is 25.4 Å². The smallest absolute Gasteiger partial charge is 0.168 e. The van der Waals surface area contributed by atoms with Gasteiger partial charge in [0, 0.05) is 43.9 Å². The van der Waals surface area contributed by atoms with Crippen molar-refractivity contribution >= 4 is 39.1 Å². The van der Waals surface area contributed by atoms with Gasteiger partial charge >= 0.3 is 0 Å². The Balaban J connectivity index is 1.95. The Morgan fingerprint density at radius 3 is 2.59 bits per heavy atom. The van der Waals surface area contributed by atoms with Gasteiger partial charge in [-0.05, 0) is 40.3 Å². The molecular weight excluding hydrogens is 300 g/mol. The molecule has 1 aromatic rings. The molecular formula is C11H15BrN4S. The molecule has 0 saturated carbocycles. The van der Waals surface area contributed by atoms with Crippen molar-refractivity contribution in [3.63, 3.8) is 0 Å². The fourth-order valence-electron chi connectivity index (χ4n) is 1.85. The van der Waals surface area contributed by atoms with Gasteiger partial charge in [0.1, 0.15) is 5.82 Å². The standard InChI is InChI=1S/C11H15BrN4S/c1-13-11(17)16-6-4-15(5-7-16)10-3-2-9(12)8-14-10/h2-3,8H,4-7H2,1H3,(H,13,17). The molecule has 0 spiro atoms. The van der Waals surface area contributed by atoms with Crippen LogP contribution in [0, 0.1) is 0 Å². The summed E-state index contributed by atoms with van der Waals surface area (Å²) in [6.45, 7) is 3.79. The number of halogens is 1. The van der Waals surface area contributed by atoms with Crippen molar-refractivity contribution in [2.75, 3.05) is 38.1 Å². The lowest BCUT2D eigenvalue weighted by atomic mass is 10.3. The van der Waals surface area contributed by atoms with Gasteiger partial charge in [-0.15, -0.1) is 0 Å². The molecule has 0 unspecified atom stereocenters. The highest BCUT2D eigenvalue weighted by Crippen LogP contribution is 2.16. The summed E-state index contributed by atoms with van der Waals surface area (Å²) in [6, 6.07) is 4.06. The molecule has 2 heterocycles. The third-order valence-electron chi connectivity index (χ3n) is 2.82. The Kier molecular flexibility index (Phi) is 4.17. The minimum Gasteiger partial charge on any atom is -0.366 e. The number of aromatic nitrogens is 1. The van der Waals surface area contributed by atoms with Gasteiger partial charge in [0.25, 0.3) is 0 Å². The molecule has 1 N–H and O–H groups in total. The largest absolute Gasteiger partial charge is 0.366 e. The van der Waals surface area contributed by atoms with Crippen molar-refractivity contribution in [2.45, 2.75) is 0 Å². The Hall–Kier alpha value is -0.880. The van der Waals surface area contributed by atoms with Crippen LogP contribution in [0.15, 0.2) is 22.8 Å². The molecule has 1 aliphatic rings. The van der Waals surface area contributed by atoms with Gasteiger partial charge < -0.3 is 15.1 Å². The highest BCUT2D eigenvalue weighted by molar-refractivity contribution is 9.10. The first-order valence-electron chi connectivity index (χ1n) is 5.54. The quantitative estimate of drug-likeness (QED) is 0.793. The second-order valence-electron chi connectivity index (χ2n) is 3.86. The Labute approximate surface area is 115 Å². The van der Waals surface area contributed by atoms with Crippen molar-refractivity contribution in [3.05, 3.63) is 22.8 Å². The van der Waals surface area contributed by atoms with E-state index in [-0.39, 0.29) is 0 Å². The Bertz CT molecular complexity index is 387. The molecule has 0 radical (unpaired) electrons. The van der Waals surface area contributed by atoms with Crippen molar-refractivity contribution in [1.82, 2.24) is 15.2 Å². The number of pyridine rings is 1. The zero-order valence-corrected chi connectivity index (χ0v) is 12.1. The van der Waals surface area contributed by atoms with Crippen molar-refractivity contribution in [1.29, 1.82) is 0 Å². The van der Waals surface area contributed by atoms with E-state index in [1.165, 1.54) is 0 Å². The second kappa shape index (κ2) is 5.64. The molecule has 0 atom stereocenters. The Morgan fingerprint density at radius 2 is 2.06 bits per heavy atom. The number of hydrogen-bond donors (Lipinski definition) is 1. The summed E-state index contributed by atoms with van der Waals surface area (Å²) in [7, 11) is 1.87. The van der Waals surface area contributed by atoms with E-state index in [9.17, 15) is 0 Å². The molecule has 4 nitrogen and oxygen atoms in total. The summed E-state index contributed by atoms with van der Waals surface area (Å²) in [5, 5.41) is 3.84. The lowest BCUT2D eigenvalue weighted by Crippen LogP contribution is -2.51. The van der Waals surface area contributed by atoms with Gasteiger partial charge in [0.15, 0.2) is 5.11 Å². The summed E-state index contributed by atoms with van der Waals surface area (Å²) in [5.41, 5.74) is 0. The predicted octanol–water partition coefficient (Wildman–Crippen LogP) is 1.47. The molecule has 1 aromatic heterocycles. The van der Waals surface area contributed by atoms with Gasteiger partial charge in [0.05, 0.1) is 0 Å². The minimum absolute atomic E-state index is 0.827. The van der Waals surface area contributed by atoms with Crippen LogP contribution in [-0.4, -0.2) is 48.2 Å². The molecule has 0 bridgehead atoms. The van der Waals surface area contributed by atoms with Crippen LogP contribution in [0.2, 0.25) is 0 Å². The minimum atomic E-state index is 0.827. The van der Waals surface area contributed by atoms with E-state index in [0.29, 0.717) is 0 Å². The average molecular weight is 315 g/mol. The maximum absolute atomic E-state index is 5.22. The lowest BCUT2D eigenvalue weighted by molar-refractivity contribution is 0.381. The van der Waals surface area contributed by atoms with Gasteiger partial charge in [-0.25, -0.2) is 4.98 Å². The zero-order valence-electron chi connectivity index (χ0n) is 9.69. The van der Waals surface area contributed by atoms with Crippen LogP contribution in [0.3, 0.4) is 0 Å². The highest BCUT2D eigenvalue weighted by Gasteiger charge is 2.18. The molecule has 0 aliphatic carbocycles. The second-order valence-corrected chi connectivity index (χ2v) is 5.17. The number of rotatable bonds is 1. The van der Waals surface area contributed by atoms with E-state index in [1.54, 1.807) is 0 Å². The monoisotopic (exact) mass is 314 g/mol. The fraction of sp³-hybridized carbons (Fsp3) is 0.455. The van der Waals surface area contributed by atoms with Crippen LogP contribution in [0.5, 0.6) is 0 Å². The summed E-state index contributed by atoms with van der Waals surface area (Å²) >= 11 is 8.61. The first kappa shape index (κ1) is 12.6. The van der Waals surface area contributed by atoms with Crippen molar-refractivity contribution < 1.29 is 0 Å². The number of anilines is 1. The Morgan fingerprint density at radius 1 is 1.35 bits per heavy atom.